The van der Waals surface area contributed by atoms with Gasteiger partial charge in [0.1, 0.15) is 6.17 Å². The molecule has 2 rings (SSSR count). The van der Waals surface area contributed by atoms with E-state index < -0.39 is 6.17 Å². The van der Waals surface area contributed by atoms with E-state index in [-0.39, 0.29) is 0 Å². The van der Waals surface area contributed by atoms with Crippen LogP contribution in [0.2, 0.25) is 5.02 Å². The fourth-order valence-corrected chi connectivity index (χ4v) is 2.45. The summed E-state index contributed by atoms with van der Waals surface area (Å²) in [4.78, 5) is 0. The summed E-state index contributed by atoms with van der Waals surface area (Å²) in [6, 6.07) is 7.14. The quantitative estimate of drug-likeness (QED) is 0.850. The first-order valence-corrected chi connectivity index (χ1v) is 6.24. The normalized spacial score (nSPS) is 19.6. The second kappa shape index (κ2) is 5.65. The summed E-state index contributed by atoms with van der Waals surface area (Å²) in [6.45, 7) is 2.04. The minimum absolute atomic E-state index is 0.509. The number of halogens is 2. The molecule has 1 unspecified atom stereocenters. The fraction of sp³-hybridized carbons (Fsp3) is 0.538. The van der Waals surface area contributed by atoms with Crippen LogP contribution in [0.5, 0.6) is 0 Å². The molecule has 1 N–H and O–H groups in total. The molecule has 1 atom stereocenters. The van der Waals surface area contributed by atoms with Crippen molar-refractivity contribution in [2.45, 2.75) is 25.4 Å². The minimum Gasteiger partial charge on any atom is -0.317 e. The predicted molar refractivity (Wildman–Crippen MR) is 65.5 cm³/mol. The highest BCUT2D eigenvalue weighted by molar-refractivity contribution is 6.30. The van der Waals surface area contributed by atoms with E-state index in [0.29, 0.717) is 22.9 Å². The molecule has 1 fully saturated rings. The smallest absolute Gasteiger partial charge is 0.125 e. The molecule has 0 spiro atoms. The molecule has 0 bridgehead atoms. The Balaban J connectivity index is 1.94. The molecular formula is C13H17ClFN. The van der Waals surface area contributed by atoms with E-state index in [1.165, 1.54) is 0 Å². The van der Waals surface area contributed by atoms with Crippen molar-refractivity contribution in [1.82, 2.24) is 5.32 Å². The van der Waals surface area contributed by atoms with Crippen LogP contribution in [0.1, 0.15) is 31.0 Å². The SMILES string of the molecule is FC(CC1CCNCC1)c1cccc(Cl)c1. The molecule has 1 heterocycles. The molecule has 0 aromatic heterocycles. The minimum atomic E-state index is -0.873. The van der Waals surface area contributed by atoms with Crippen molar-refractivity contribution in [2.75, 3.05) is 13.1 Å². The number of hydrogen-bond acceptors (Lipinski definition) is 1. The molecule has 1 aromatic carbocycles. The molecule has 1 aliphatic heterocycles. The topological polar surface area (TPSA) is 12.0 Å². The van der Waals surface area contributed by atoms with Gasteiger partial charge in [-0.3, -0.25) is 0 Å². The zero-order valence-corrected chi connectivity index (χ0v) is 10.0. The molecule has 0 saturated carbocycles. The highest BCUT2D eigenvalue weighted by atomic mass is 35.5. The van der Waals surface area contributed by atoms with Crippen molar-refractivity contribution in [3.05, 3.63) is 34.9 Å². The Morgan fingerprint density at radius 2 is 2.12 bits per heavy atom. The van der Waals surface area contributed by atoms with Gasteiger partial charge in [0.15, 0.2) is 0 Å². The van der Waals surface area contributed by atoms with Gasteiger partial charge >= 0.3 is 0 Å². The molecule has 3 heteroatoms. The van der Waals surface area contributed by atoms with Crippen LogP contribution < -0.4 is 5.32 Å². The first-order valence-electron chi connectivity index (χ1n) is 5.86. The van der Waals surface area contributed by atoms with E-state index in [0.717, 1.165) is 25.9 Å². The standard InChI is InChI=1S/C13H17ClFN/c14-12-3-1-2-11(9-12)13(15)8-10-4-6-16-7-5-10/h1-3,9-10,13,16H,4-8H2. The Bertz CT molecular complexity index is 336. The first-order chi connectivity index (χ1) is 7.75. The maximum absolute atomic E-state index is 14.0. The Labute approximate surface area is 101 Å². The third-order valence-corrected chi connectivity index (χ3v) is 3.44. The molecule has 1 aliphatic rings. The summed E-state index contributed by atoms with van der Waals surface area (Å²) in [5.41, 5.74) is 0.714. The maximum Gasteiger partial charge on any atom is 0.125 e. The van der Waals surface area contributed by atoms with Gasteiger partial charge in [-0.25, -0.2) is 4.39 Å². The first kappa shape index (κ1) is 11.9. The molecule has 1 nitrogen and oxygen atoms in total. The van der Waals surface area contributed by atoms with Gasteiger partial charge < -0.3 is 5.32 Å². The van der Waals surface area contributed by atoms with Crippen LogP contribution in [0.3, 0.4) is 0 Å². The molecular weight excluding hydrogens is 225 g/mol. The molecule has 0 amide bonds. The molecule has 1 aromatic rings. The lowest BCUT2D eigenvalue weighted by molar-refractivity contribution is 0.240. The van der Waals surface area contributed by atoms with Gasteiger partial charge in [0, 0.05) is 5.02 Å². The van der Waals surface area contributed by atoms with Gasteiger partial charge in [0.05, 0.1) is 0 Å². The van der Waals surface area contributed by atoms with Crippen LogP contribution in [-0.4, -0.2) is 13.1 Å². The van der Waals surface area contributed by atoms with Gasteiger partial charge in [-0.15, -0.1) is 0 Å². The number of piperidine rings is 1. The highest BCUT2D eigenvalue weighted by Gasteiger charge is 2.19. The van der Waals surface area contributed by atoms with E-state index in [4.69, 9.17) is 11.6 Å². The Morgan fingerprint density at radius 3 is 2.81 bits per heavy atom. The summed E-state index contributed by atoms with van der Waals surface area (Å²) in [6.07, 6.45) is 1.92. The fourth-order valence-electron chi connectivity index (χ4n) is 2.25. The summed E-state index contributed by atoms with van der Waals surface area (Å²) in [5.74, 6) is 0.509. The third kappa shape index (κ3) is 3.19. The Morgan fingerprint density at radius 1 is 1.38 bits per heavy atom. The molecule has 0 radical (unpaired) electrons. The zero-order chi connectivity index (χ0) is 11.4. The Hall–Kier alpha value is -0.600. The van der Waals surface area contributed by atoms with E-state index >= 15 is 0 Å². The van der Waals surface area contributed by atoms with Crippen LogP contribution in [0.4, 0.5) is 4.39 Å². The van der Waals surface area contributed by atoms with E-state index in [2.05, 4.69) is 5.32 Å². The lowest BCUT2D eigenvalue weighted by Crippen LogP contribution is -2.28. The van der Waals surface area contributed by atoms with Gasteiger partial charge in [-0.1, -0.05) is 23.7 Å². The molecule has 88 valence electrons. The second-order valence-corrected chi connectivity index (χ2v) is 4.89. The lowest BCUT2D eigenvalue weighted by Gasteiger charge is -2.24. The van der Waals surface area contributed by atoms with E-state index in [9.17, 15) is 4.39 Å². The van der Waals surface area contributed by atoms with Crippen molar-refractivity contribution in [1.29, 1.82) is 0 Å². The number of nitrogens with one attached hydrogen (secondary N) is 1. The molecule has 0 aliphatic carbocycles. The number of benzene rings is 1. The average Bonchev–Trinajstić information content (AvgIpc) is 2.30. The van der Waals surface area contributed by atoms with Crippen molar-refractivity contribution in [2.24, 2.45) is 5.92 Å². The van der Waals surface area contributed by atoms with Crippen molar-refractivity contribution >= 4 is 11.6 Å². The van der Waals surface area contributed by atoms with Gasteiger partial charge in [0.2, 0.25) is 0 Å². The predicted octanol–water partition coefficient (Wildman–Crippen LogP) is 3.74. The lowest BCUT2D eigenvalue weighted by atomic mass is 9.90. The van der Waals surface area contributed by atoms with Gasteiger partial charge in [-0.2, -0.15) is 0 Å². The molecule has 1 saturated heterocycles. The van der Waals surface area contributed by atoms with Crippen molar-refractivity contribution in [3.8, 4) is 0 Å². The largest absolute Gasteiger partial charge is 0.317 e. The summed E-state index contributed by atoms with van der Waals surface area (Å²) in [5, 5.41) is 3.91. The van der Waals surface area contributed by atoms with E-state index in [1.807, 2.05) is 12.1 Å². The van der Waals surface area contributed by atoms with Crippen LogP contribution in [0, 0.1) is 5.92 Å². The number of rotatable bonds is 3. The third-order valence-electron chi connectivity index (χ3n) is 3.21. The van der Waals surface area contributed by atoms with Gasteiger partial charge in [0.25, 0.3) is 0 Å². The maximum atomic E-state index is 14.0. The highest BCUT2D eigenvalue weighted by Crippen LogP contribution is 2.30. The van der Waals surface area contributed by atoms with Gasteiger partial charge in [-0.05, 0) is 56.0 Å². The average molecular weight is 242 g/mol. The number of alkyl halides is 1. The molecule has 16 heavy (non-hydrogen) atoms. The number of hydrogen-bond donors (Lipinski definition) is 1. The van der Waals surface area contributed by atoms with Crippen LogP contribution in [-0.2, 0) is 0 Å². The van der Waals surface area contributed by atoms with Crippen LogP contribution >= 0.6 is 11.6 Å². The van der Waals surface area contributed by atoms with Crippen LogP contribution in [0.15, 0.2) is 24.3 Å². The second-order valence-electron chi connectivity index (χ2n) is 4.45. The van der Waals surface area contributed by atoms with Crippen molar-refractivity contribution < 1.29 is 4.39 Å². The van der Waals surface area contributed by atoms with Crippen LogP contribution in [0.25, 0.3) is 0 Å². The van der Waals surface area contributed by atoms with E-state index in [1.54, 1.807) is 12.1 Å². The monoisotopic (exact) mass is 241 g/mol. The summed E-state index contributed by atoms with van der Waals surface area (Å²) >= 11 is 5.86. The van der Waals surface area contributed by atoms with Crippen molar-refractivity contribution in [3.63, 3.8) is 0 Å². The Kier molecular flexibility index (Phi) is 4.19. The summed E-state index contributed by atoms with van der Waals surface area (Å²) in [7, 11) is 0. The zero-order valence-electron chi connectivity index (χ0n) is 9.26. The summed E-state index contributed by atoms with van der Waals surface area (Å²) < 4.78 is 14.0.